The van der Waals surface area contributed by atoms with Crippen LogP contribution in [0, 0.1) is 0 Å². The van der Waals surface area contributed by atoms with E-state index in [0.29, 0.717) is 0 Å². The van der Waals surface area contributed by atoms with Gasteiger partial charge in [-0.15, -0.1) is 9.13 Å². The SMILES string of the molecule is CCN(CC)c1ccc2nc3ccc(N=Nc4ccc(N(C)C)cc4)cc3[n+](-c3ccccc3)c2c1.CCN(CC)c1ccc2nc3ccc(N=Nc4ccc(N(C)C)cc4)cc3[n+](-c3ccccc3)c2c1.O.[Cl-].[Cl-].[Li+]. The van der Waals surface area contributed by atoms with Crippen molar-refractivity contribution < 1.29 is 58.3 Å². The van der Waals surface area contributed by atoms with Gasteiger partial charge in [0.25, 0.3) is 0 Å². The van der Waals surface area contributed by atoms with E-state index >= 15 is 0 Å². The molecular formula is C60H64Cl2LiN12O+. The molecule has 0 unspecified atom stereocenters. The number of halogens is 2. The number of hydrogen-bond acceptors (Lipinski definition) is 10. The van der Waals surface area contributed by atoms with Gasteiger partial charge in [0.1, 0.15) is 22.1 Å². The Hall–Kier alpha value is -7.50. The van der Waals surface area contributed by atoms with Crippen molar-refractivity contribution in [3.63, 3.8) is 0 Å². The maximum Gasteiger partial charge on any atom is 1.00 e. The standard InChI is InChI=1S/2C30H31N6.2ClH.Li.H2O/c2*1-5-35(6-2)26-17-19-28-30(21-26)36(25-10-8-7-9-11-25)29-20-23(14-18-27(29)31-28)33-32-22-12-15-24(16-13-22)34(3)4;;;;/h2*7-21H,5-6H2,1-4H3;2*1H;;1H2/q2*+1;;;+1;/p-2. The Bertz CT molecular complexity index is 3310. The molecule has 76 heavy (non-hydrogen) atoms. The van der Waals surface area contributed by atoms with Crippen LogP contribution in [0.5, 0.6) is 0 Å². The first-order valence-corrected chi connectivity index (χ1v) is 24.7. The van der Waals surface area contributed by atoms with Crippen molar-refractivity contribution in [2.24, 2.45) is 20.5 Å². The van der Waals surface area contributed by atoms with Crippen LogP contribution in [-0.2, 0) is 0 Å². The van der Waals surface area contributed by atoms with Crippen molar-refractivity contribution in [3.8, 4) is 11.4 Å². The zero-order valence-corrected chi connectivity index (χ0v) is 46.3. The average Bonchev–Trinajstić information content (AvgIpc) is 3.42. The van der Waals surface area contributed by atoms with Crippen LogP contribution in [0.2, 0.25) is 0 Å². The Morgan fingerprint density at radius 3 is 0.947 bits per heavy atom. The van der Waals surface area contributed by atoms with Crippen molar-refractivity contribution in [2.45, 2.75) is 27.7 Å². The van der Waals surface area contributed by atoms with Crippen molar-refractivity contribution >= 4 is 89.6 Å². The molecule has 0 saturated carbocycles. The Morgan fingerprint density at radius 2 is 0.632 bits per heavy atom. The molecule has 2 aromatic heterocycles. The van der Waals surface area contributed by atoms with Crippen LogP contribution in [-0.4, -0.2) is 69.8 Å². The van der Waals surface area contributed by atoms with Crippen LogP contribution in [0.3, 0.4) is 0 Å². The Balaban J connectivity index is 0.000000267. The number of benzene rings is 8. The molecule has 2 heterocycles. The minimum atomic E-state index is 0. The summed E-state index contributed by atoms with van der Waals surface area (Å²) >= 11 is 0. The zero-order chi connectivity index (χ0) is 50.1. The fourth-order valence-corrected chi connectivity index (χ4v) is 8.93. The van der Waals surface area contributed by atoms with E-state index in [0.717, 1.165) is 116 Å². The molecule has 0 aliphatic heterocycles. The third kappa shape index (κ3) is 13.3. The summed E-state index contributed by atoms with van der Waals surface area (Å²) in [4.78, 5) is 18.8. The minimum absolute atomic E-state index is 0. The van der Waals surface area contributed by atoms with Gasteiger partial charge in [-0.25, -0.2) is 9.97 Å². The van der Waals surface area contributed by atoms with Crippen LogP contribution < -0.4 is 72.4 Å². The van der Waals surface area contributed by atoms with Gasteiger partial charge in [0, 0.05) is 126 Å². The Morgan fingerprint density at radius 1 is 0.355 bits per heavy atom. The van der Waals surface area contributed by atoms with Crippen LogP contribution in [0.1, 0.15) is 27.7 Å². The van der Waals surface area contributed by atoms with Gasteiger partial charge in [0.2, 0.25) is 33.4 Å². The van der Waals surface area contributed by atoms with E-state index < -0.39 is 0 Å². The molecule has 10 aromatic rings. The van der Waals surface area contributed by atoms with E-state index in [1.807, 2.05) is 113 Å². The van der Waals surface area contributed by atoms with Gasteiger partial charge in [-0.3, -0.25) is 0 Å². The van der Waals surface area contributed by atoms with E-state index in [9.17, 15) is 0 Å². The molecule has 0 fully saturated rings. The quantitative estimate of drug-likeness (QED) is 0.0698. The molecule has 0 saturated heterocycles. The topological polar surface area (TPSA) is 127 Å². The summed E-state index contributed by atoms with van der Waals surface area (Å²) in [7, 11) is 8.10. The van der Waals surface area contributed by atoms with Gasteiger partial charge in [-0.1, -0.05) is 36.4 Å². The summed E-state index contributed by atoms with van der Waals surface area (Å²) in [5.74, 6) is 0. The number of nitrogens with zero attached hydrogens (tertiary/aromatic N) is 12. The van der Waals surface area contributed by atoms with E-state index in [2.05, 4.69) is 174 Å². The van der Waals surface area contributed by atoms with Crippen molar-refractivity contribution in [2.75, 3.05) is 74.0 Å². The molecule has 0 aliphatic carbocycles. The zero-order valence-electron chi connectivity index (χ0n) is 44.8. The minimum Gasteiger partial charge on any atom is -1.00 e. The average molecular weight is 1050 g/mol. The Labute approximate surface area is 470 Å². The number of hydrogen-bond donors (Lipinski definition) is 0. The molecule has 384 valence electrons. The molecular weight excluding hydrogens is 983 g/mol. The molecule has 2 N–H and O–H groups in total. The summed E-state index contributed by atoms with van der Waals surface area (Å²) in [6.45, 7) is 12.5. The number of para-hydroxylation sites is 2. The van der Waals surface area contributed by atoms with Gasteiger partial charge in [-0.2, -0.15) is 20.5 Å². The largest absolute Gasteiger partial charge is 1.00 e. The monoisotopic (exact) mass is 1050 g/mol. The third-order valence-corrected chi connectivity index (χ3v) is 12.9. The maximum atomic E-state index is 4.99. The van der Waals surface area contributed by atoms with Gasteiger partial charge >= 0.3 is 18.9 Å². The number of fused-ring (bicyclic) bond motifs is 4. The summed E-state index contributed by atoms with van der Waals surface area (Å²) < 4.78 is 4.55. The number of aromatic nitrogens is 4. The second-order valence-corrected chi connectivity index (χ2v) is 17.8. The summed E-state index contributed by atoms with van der Waals surface area (Å²) in [5, 5.41) is 18.1. The molecule has 10 rings (SSSR count). The van der Waals surface area contributed by atoms with E-state index in [4.69, 9.17) is 9.97 Å². The fourth-order valence-electron chi connectivity index (χ4n) is 8.93. The number of azo groups is 2. The van der Waals surface area contributed by atoms with Crippen LogP contribution in [0.4, 0.5) is 45.5 Å². The van der Waals surface area contributed by atoms with E-state index in [1.165, 1.54) is 11.4 Å². The summed E-state index contributed by atoms with van der Waals surface area (Å²) in [5.41, 5.74) is 17.8. The van der Waals surface area contributed by atoms with Gasteiger partial charge in [-0.05, 0) is 125 Å². The van der Waals surface area contributed by atoms with Gasteiger partial charge in [0.05, 0.1) is 22.7 Å². The third-order valence-electron chi connectivity index (χ3n) is 12.9. The number of anilines is 4. The fraction of sp³-hybridized carbons (Fsp3) is 0.200. The normalized spacial score (nSPS) is 10.8. The van der Waals surface area contributed by atoms with Gasteiger partial charge < -0.3 is 49.9 Å². The second kappa shape index (κ2) is 27.3. The molecule has 13 nitrogen and oxygen atoms in total. The molecule has 0 spiro atoms. The van der Waals surface area contributed by atoms with Crippen molar-refractivity contribution in [3.05, 3.63) is 182 Å². The Kier molecular flexibility index (Phi) is 21.4. The molecule has 0 amide bonds. The molecule has 8 aromatic carbocycles. The van der Waals surface area contributed by atoms with Gasteiger partial charge in [0.15, 0.2) is 0 Å². The first-order valence-electron chi connectivity index (χ1n) is 24.7. The van der Waals surface area contributed by atoms with E-state index in [1.54, 1.807) is 0 Å². The number of rotatable bonds is 14. The van der Waals surface area contributed by atoms with Crippen LogP contribution in [0.15, 0.2) is 202 Å². The molecule has 0 atom stereocenters. The predicted octanol–water partition coefficient (Wildman–Crippen LogP) is 4.17. The predicted molar refractivity (Wildman–Crippen MR) is 302 cm³/mol. The maximum absolute atomic E-state index is 4.99. The summed E-state index contributed by atoms with van der Waals surface area (Å²) in [6.07, 6.45) is 0. The van der Waals surface area contributed by atoms with E-state index in [-0.39, 0.29) is 49.2 Å². The first-order chi connectivity index (χ1) is 35.1. The van der Waals surface area contributed by atoms with Crippen molar-refractivity contribution in [1.29, 1.82) is 0 Å². The molecule has 16 heteroatoms. The first kappa shape index (κ1) is 59.4. The molecule has 0 bridgehead atoms. The summed E-state index contributed by atoms with van der Waals surface area (Å²) in [6, 6.07) is 62.1. The van der Waals surface area contributed by atoms with Crippen LogP contribution >= 0.6 is 0 Å². The molecule has 0 aliphatic rings. The second-order valence-electron chi connectivity index (χ2n) is 17.8. The van der Waals surface area contributed by atoms with Crippen LogP contribution in [0.25, 0.3) is 55.5 Å². The van der Waals surface area contributed by atoms with Crippen molar-refractivity contribution in [1.82, 2.24) is 9.97 Å². The molecule has 0 radical (unpaired) electrons. The smallest absolute Gasteiger partial charge is 1.00 e.